The first kappa shape index (κ1) is 18.6. The van der Waals surface area contributed by atoms with Gasteiger partial charge >= 0.3 is 0 Å². The van der Waals surface area contributed by atoms with E-state index in [-0.39, 0.29) is 12.0 Å². The van der Waals surface area contributed by atoms with Gasteiger partial charge in [-0.25, -0.2) is 16.8 Å². The van der Waals surface area contributed by atoms with E-state index in [0.29, 0.717) is 10.8 Å². The molecule has 10 heteroatoms. The Hall–Kier alpha value is -1.49. The van der Waals surface area contributed by atoms with Gasteiger partial charge in [0.15, 0.2) is 0 Å². The van der Waals surface area contributed by atoms with Crippen LogP contribution < -0.4 is 0 Å². The lowest BCUT2D eigenvalue weighted by Crippen LogP contribution is -2.13. The molecule has 0 radical (unpaired) electrons. The van der Waals surface area contributed by atoms with Crippen LogP contribution >= 0.6 is 0 Å². The van der Waals surface area contributed by atoms with Crippen molar-refractivity contribution in [2.75, 3.05) is 0 Å². The lowest BCUT2D eigenvalue weighted by Gasteiger charge is -2.14. The van der Waals surface area contributed by atoms with E-state index in [0.717, 1.165) is 12.1 Å². The lowest BCUT2D eigenvalue weighted by molar-refractivity contribution is 0.481. The Morgan fingerprint density at radius 2 is 1.41 bits per heavy atom. The molecule has 0 bridgehead atoms. The maximum absolute atomic E-state index is 12.2. The van der Waals surface area contributed by atoms with Gasteiger partial charge in [0, 0.05) is 10.8 Å². The van der Waals surface area contributed by atoms with Gasteiger partial charge in [-0.05, 0) is 24.1 Å². The van der Waals surface area contributed by atoms with Crippen molar-refractivity contribution in [2.24, 2.45) is 0 Å². The number of benzene rings is 1. The summed E-state index contributed by atoms with van der Waals surface area (Å²) < 4.78 is 80.2. The Labute approximate surface area is 129 Å². The molecule has 0 amide bonds. The highest BCUT2D eigenvalue weighted by molar-refractivity contribution is 7.97. The molecular weight excluding hydrogens is 352 g/mol. The van der Waals surface area contributed by atoms with E-state index < -0.39 is 44.5 Å². The highest BCUT2D eigenvalue weighted by Crippen LogP contribution is 2.32. The molecule has 0 aliphatic carbocycles. The smallest absolute Gasteiger partial charge is 0.282 e. The third-order valence-corrected chi connectivity index (χ3v) is 6.78. The minimum atomic E-state index is -4.72. The van der Waals surface area contributed by atoms with Crippen molar-refractivity contribution in [1.82, 2.24) is 0 Å². The zero-order valence-corrected chi connectivity index (χ0v) is 14.0. The van der Waals surface area contributed by atoms with Crippen LogP contribution in [0, 0.1) is 0 Å². The highest BCUT2D eigenvalue weighted by Gasteiger charge is 2.30. The van der Waals surface area contributed by atoms with Gasteiger partial charge in [-0.1, -0.05) is 20.1 Å². The first-order chi connectivity index (χ1) is 9.92. The summed E-state index contributed by atoms with van der Waals surface area (Å²) in [4.78, 5) is -2.01. The van der Waals surface area contributed by atoms with Crippen LogP contribution in [-0.4, -0.2) is 29.8 Å². The Kier molecular flexibility index (Phi) is 5.02. The normalized spacial score (nSPS) is 12.8. The monoisotopic (exact) mass is 366 g/mol. The SMILES string of the molecule is C=CS(=O)(=O)c1ccc(S(=O)(=O)O)c(CC)c1S(=O)(=O)C=C. The van der Waals surface area contributed by atoms with E-state index in [1.807, 2.05) is 0 Å². The summed E-state index contributed by atoms with van der Waals surface area (Å²) in [7, 11) is -13.2. The van der Waals surface area contributed by atoms with E-state index in [4.69, 9.17) is 0 Å². The van der Waals surface area contributed by atoms with E-state index in [1.54, 1.807) is 0 Å². The van der Waals surface area contributed by atoms with Crippen molar-refractivity contribution < 1.29 is 29.8 Å². The number of sulfone groups is 2. The van der Waals surface area contributed by atoms with Crippen LogP contribution in [0.2, 0.25) is 0 Å². The standard InChI is InChI=1S/C12H14O7S3/c1-4-9-10(22(17,18)19)7-8-11(20(13,14)5-2)12(9)21(15,16)6-3/h5-8H,2-4H2,1H3,(H,17,18,19). The van der Waals surface area contributed by atoms with Crippen molar-refractivity contribution >= 4 is 29.8 Å². The molecule has 0 aromatic heterocycles. The molecule has 22 heavy (non-hydrogen) atoms. The fourth-order valence-corrected chi connectivity index (χ4v) is 5.36. The molecule has 0 heterocycles. The molecule has 0 unspecified atom stereocenters. The predicted molar refractivity (Wildman–Crippen MR) is 80.4 cm³/mol. The van der Waals surface area contributed by atoms with E-state index in [1.165, 1.54) is 6.92 Å². The molecule has 1 N–H and O–H groups in total. The summed E-state index contributed by atoms with van der Waals surface area (Å²) in [5, 5.41) is 1.06. The third kappa shape index (κ3) is 3.29. The van der Waals surface area contributed by atoms with Crippen LogP contribution in [0.1, 0.15) is 12.5 Å². The summed E-state index contributed by atoms with van der Waals surface area (Å²) in [5.41, 5.74) is -0.328. The Bertz CT molecular complexity index is 937. The van der Waals surface area contributed by atoms with Gasteiger partial charge < -0.3 is 0 Å². The number of hydrogen-bond acceptors (Lipinski definition) is 6. The molecule has 0 spiro atoms. The van der Waals surface area contributed by atoms with Gasteiger partial charge in [0.2, 0.25) is 19.7 Å². The molecule has 0 saturated carbocycles. The molecule has 7 nitrogen and oxygen atoms in total. The second kappa shape index (κ2) is 5.95. The molecule has 0 saturated heterocycles. The molecule has 1 aromatic carbocycles. The van der Waals surface area contributed by atoms with Gasteiger partial charge in [0.05, 0.1) is 14.7 Å². The van der Waals surface area contributed by atoms with Crippen LogP contribution in [-0.2, 0) is 36.2 Å². The summed E-state index contributed by atoms with van der Waals surface area (Å²) in [6.45, 7) is 7.64. The summed E-state index contributed by atoms with van der Waals surface area (Å²) in [6, 6.07) is 1.64. The van der Waals surface area contributed by atoms with Gasteiger partial charge in [0.1, 0.15) is 0 Å². The molecule has 0 atom stereocenters. The molecule has 1 rings (SSSR count). The Morgan fingerprint density at radius 1 is 0.955 bits per heavy atom. The van der Waals surface area contributed by atoms with Crippen LogP contribution in [0.15, 0.2) is 50.8 Å². The first-order valence-corrected chi connectivity index (χ1v) is 10.3. The van der Waals surface area contributed by atoms with Crippen molar-refractivity contribution in [2.45, 2.75) is 28.0 Å². The zero-order chi connectivity index (χ0) is 17.3. The van der Waals surface area contributed by atoms with Crippen LogP contribution in [0.25, 0.3) is 0 Å². The lowest BCUT2D eigenvalue weighted by atomic mass is 10.2. The highest BCUT2D eigenvalue weighted by atomic mass is 32.2. The molecule has 0 aliphatic heterocycles. The minimum absolute atomic E-state index is 0.141. The Morgan fingerprint density at radius 3 is 1.77 bits per heavy atom. The molecule has 0 aliphatic rings. The van der Waals surface area contributed by atoms with E-state index in [9.17, 15) is 29.8 Å². The zero-order valence-electron chi connectivity index (χ0n) is 11.6. The fraction of sp³-hybridized carbons (Fsp3) is 0.167. The predicted octanol–water partition coefficient (Wildman–Crippen LogP) is 1.33. The van der Waals surface area contributed by atoms with Gasteiger partial charge in [0.25, 0.3) is 10.1 Å². The second-order valence-corrected chi connectivity index (χ2v) is 9.21. The third-order valence-electron chi connectivity index (χ3n) is 2.84. The van der Waals surface area contributed by atoms with Gasteiger partial charge in [-0.2, -0.15) is 8.42 Å². The van der Waals surface area contributed by atoms with Crippen molar-refractivity contribution in [3.8, 4) is 0 Å². The van der Waals surface area contributed by atoms with Crippen LogP contribution in [0.5, 0.6) is 0 Å². The summed E-state index contributed by atoms with van der Waals surface area (Å²) >= 11 is 0. The number of rotatable bonds is 6. The quantitative estimate of drug-likeness (QED) is 0.753. The van der Waals surface area contributed by atoms with Crippen molar-refractivity contribution in [1.29, 1.82) is 0 Å². The van der Waals surface area contributed by atoms with Crippen LogP contribution in [0.4, 0.5) is 0 Å². The summed E-state index contributed by atoms with van der Waals surface area (Å²) in [5.74, 6) is 0. The molecule has 0 fully saturated rings. The average molecular weight is 366 g/mol. The van der Waals surface area contributed by atoms with E-state index >= 15 is 0 Å². The topological polar surface area (TPSA) is 123 Å². The average Bonchev–Trinajstić information content (AvgIpc) is 2.44. The second-order valence-electron chi connectivity index (χ2n) is 4.12. The van der Waals surface area contributed by atoms with Crippen LogP contribution in [0.3, 0.4) is 0 Å². The molecular formula is C12H14O7S3. The van der Waals surface area contributed by atoms with Crippen molar-refractivity contribution in [3.05, 3.63) is 41.7 Å². The largest absolute Gasteiger partial charge is 0.294 e. The van der Waals surface area contributed by atoms with Gasteiger partial charge in [-0.15, -0.1) is 0 Å². The van der Waals surface area contributed by atoms with Gasteiger partial charge in [-0.3, -0.25) is 4.55 Å². The van der Waals surface area contributed by atoms with E-state index in [2.05, 4.69) is 13.2 Å². The Balaban J connectivity index is 4.20. The molecule has 122 valence electrons. The summed E-state index contributed by atoms with van der Waals surface area (Å²) in [6.07, 6.45) is -0.141. The fourth-order valence-electron chi connectivity index (χ4n) is 1.87. The minimum Gasteiger partial charge on any atom is -0.282 e. The van der Waals surface area contributed by atoms with Crippen molar-refractivity contribution in [3.63, 3.8) is 0 Å². The number of hydrogen-bond donors (Lipinski definition) is 1. The maximum Gasteiger partial charge on any atom is 0.294 e. The first-order valence-electron chi connectivity index (χ1n) is 5.80. The maximum atomic E-state index is 12.2. The molecule has 1 aromatic rings.